The second-order valence-electron chi connectivity index (χ2n) is 8.99. The maximum Gasteiger partial charge on any atom is 0.319 e. The van der Waals surface area contributed by atoms with E-state index in [9.17, 15) is 14.7 Å². The topological polar surface area (TPSA) is 77.8 Å². The highest BCUT2D eigenvalue weighted by Gasteiger charge is 2.59. The number of carbonyl (C=O) groups is 2. The quantitative estimate of drug-likeness (QED) is 0.645. The van der Waals surface area contributed by atoms with Gasteiger partial charge in [-0.15, -0.1) is 0 Å². The van der Waals surface area contributed by atoms with Crippen molar-refractivity contribution in [3.05, 3.63) is 0 Å². The number of carboxylic acids is 2. The van der Waals surface area contributed by atoms with Crippen molar-refractivity contribution in [1.82, 2.24) is 4.23 Å². The van der Waals surface area contributed by atoms with E-state index in [0.717, 1.165) is 0 Å². The van der Waals surface area contributed by atoms with Crippen LogP contribution in [0.1, 0.15) is 12.8 Å². The summed E-state index contributed by atoms with van der Waals surface area (Å²) in [4.78, 5) is 23.6. The predicted molar refractivity (Wildman–Crippen MR) is 99.1 cm³/mol. The Bertz CT molecular complexity index is 421. The summed E-state index contributed by atoms with van der Waals surface area (Å²) in [6.45, 7) is 19.2. The van der Waals surface area contributed by atoms with Crippen molar-refractivity contribution in [2.75, 3.05) is 0 Å². The molecule has 1 atom stereocenters. The molecule has 8 heteroatoms. The van der Waals surface area contributed by atoms with Gasteiger partial charge in [-0.05, 0) is 6.42 Å². The van der Waals surface area contributed by atoms with Gasteiger partial charge in [-0.3, -0.25) is 9.59 Å². The van der Waals surface area contributed by atoms with Crippen molar-refractivity contribution in [3.63, 3.8) is 0 Å². The van der Waals surface area contributed by atoms with E-state index in [1.165, 1.54) is 0 Å². The van der Waals surface area contributed by atoms with Crippen LogP contribution in [0.4, 0.5) is 0 Å². The van der Waals surface area contributed by atoms with Gasteiger partial charge in [0.05, 0.1) is 13.2 Å². The summed E-state index contributed by atoms with van der Waals surface area (Å²) in [5.74, 6) is -1.76. The zero-order valence-corrected chi connectivity index (χ0v) is 18.6. The van der Waals surface area contributed by atoms with Crippen molar-refractivity contribution in [1.29, 1.82) is 0 Å². The zero-order valence-electron chi connectivity index (χ0n) is 15.6. The van der Waals surface area contributed by atoms with Gasteiger partial charge in [0.2, 0.25) is 0 Å². The first-order valence-corrected chi connectivity index (χ1v) is 18.1. The molecule has 0 fully saturated rings. The first-order valence-electron chi connectivity index (χ1n) is 7.73. The lowest BCUT2D eigenvalue weighted by molar-refractivity contribution is -0.144. The Kier molecular flexibility index (Phi) is 6.45. The Morgan fingerprint density at radius 1 is 0.864 bits per heavy atom. The molecule has 22 heavy (non-hydrogen) atoms. The van der Waals surface area contributed by atoms with Crippen LogP contribution in [0.5, 0.6) is 0 Å². The summed E-state index contributed by atoms with van der Waals surface area (Å²) in [5.41, 5.74) is 0. The van der Waals surface area contributed by atoms with Crippen LogP contribution < -0.4 is 0 Å². The minimum Gasteiger partial charge on any atom is -0.481 e. The van der Waals surface area contributed by atoms with E-state index in [0.29, 0.717) is 0 Å². The van der Waals surface area contributed by atoms with Crippen LogP contribution in [0.3, 0.4) is 0 Å². The Balaban J connectivity index is 6.44. The number of hydrogen-bond donors (Lipinski definition) is 2. The normalized spacial score (nSPS) is 16.5. The van der Waals surface area contributed by atoms with Crippen molar-refractivity contribution < 1.29 is 19.8 Å². The largest absolute Gasteiger partial charge is 0.481 e. The average Bonchev–Trinajstić information content (AvgIpc) is 2.17. The highest BCUT2D eigenvalue weighted by molar-refractivity contribution is 6.94. The highest BCUT2D eigenvalue weighted by atomic mass is 28.4. The van der Waals surface area contributed by atoms with Crippen LogP contribution in [0.15, 0.2) is 0 Å². The molecule has 2 N–H and O–H groups in total. The molecule has 0 spiro atoms. The average molecular weight is 364 g/mol. The molecule has 0 aromatic rings. The van der Waals surface area contributed by atoms with Gasteiger partial charge in [-0.2, -0.15) is 0 Å². The molecular weight excluding hydrogens is 330 g/mol. The highest BCUT2D eigenvalue weighted by Crippen LogP contribution is 2.40. The first-order chi connectivity index (χ1) is 9.48. The SMILES string of the molecule is C[Si](C)(C)N([C@@](CCC(=O)O)(C(=O)O)[Si](C)(C)C)[Si](C)(C)C. The van der Waals surface area contributed by atoms with Crippen LogP contribution in [-0.4, -0.2) is 56.1 Å². The van der Waals surface area contributed by atoms with Gasteiger partial charge in [0, 0.05) is 6.42 Å². The molecule has 0 unspecified atom stereocenters. The minimum atomic E-state index is -2.22. The zero-order chi connectivity index (χ0) is 18.1. The van der Waals surface area contributed by atoms with E-state index in [2.05, 4.69) is 63.2 Å². The summed E-state index contributed by atoms with van der Waals surface area (Å²) in [5, 5.41) is 18.3. The molecule has 0 aromatic heterocycles. The van der Waals surface area contributed by atoms with E-state index < -0.39 is 41.6 Å². The molecule has 0 aliphatic rings. The van der Waals surface area contributed by atoms with Gasteiger partial charge in [0.25, 0.3) is 0 Å². The lowest BCUT2D eigenvalue weighted by Crippen LogP contribution is -2.79. The predicted octanol–water partition coefficient (Wildman–Crippen LogP) is 3.52. The Morgan fingerprint density at radius 2 is 1.23 bits per heavy atom. The van der Waals surface area contributed by atoms with Crippen molar-refractivity contribution in [2.24, 2.45) is 0 Å². The Labute approximate surface area is 137 Å². The molecule has 0 radical (unpaired) electrons. The lowest BCUT2D eigenvalue weighted by Gasteiger charge is -2.58. The Hall–Kier alpha value is -0.449. The van der Waals surface area contributed by atoms with Gasteiger partial charge in [0.1, 0.15) is 16.5 Å². The summed E-state index contributed by atoms with van der Waals surface area (Å²) >= 11 is 0. The maximum atomic E-state index is 12.5. The molecule has 130 valence electrons. The fourth-order valence-electron chi connectivity index (χ4n) is 3.78. The van der Waals surface area contributed by atoms with Gasteiger partial charge >= 0.3 is 11.9 Å². The van der Waals surface area contributed by atoms with Gasteiger partial charge < -0.3 is 14.4 Å². The number of nitrogens with zero attached hydrogens (tertiary/aromatic N) is 1. The summed E-state index contributed by atoms with van der Waals surface area (Å²) in [6, 6.07) is 0. The number of rotatable bonds is 8. The Morgan fingerprint density at radius 3 is 1.41 bits per heavy atom. The lowest BCUT2D eigenvalue weighted by atomic mass is 10.1. The van der Waals surface area contributed by atoms with Crippen molar-refractivity contribution in [2.45, 2.75) is 76.9 Å². The van der Waals surface area contributed by atoms with Crippen molar-refractivity contribution >= 4 is 36.5 Å². The fraction of sp³-hybridized carbons (Fsp3) is 0.857. The molecule has 0 saturated heterocycles. The van der Waals surface area contributed by atoms with Crippen LogP contribution in [0.2, 0.25) is 58.9 Å². The van der Waals surface area contributed by atoms with E-state index in [1.807, 2.05) is 0 Å². The van der Waals surface area contributed by atoms with Crippen LogP contribution in [-0.2, 0) is 9.59 Å². The van der Waals surface area contributed by atoms with E-state index >= 15 is 0 Å². The molecule has 0 rings (SSSR count). The third-order valence-corrected chi connectivity index (χ3v) is 15.1. The molecule has 0 bridgehead atoms. The number of aliphatic carboxylic acids is 2. The van der Waals surface area contributed by atoms with Gasteiger partial charge in [0.15, 0.2) is 0 Å². The van der Waals surface area contributed by atoms with Gasteiger partial charge in [-0.25, -0.2) is 0 Å². The minimum absolute atomic E-state index is 0.0952. The molecule has 0 aliphatic carbocycles. The molecule has 0 heterocycles. The van der Waals surface area contributed by atoms with E-state index in [-0.39, 0.29) is 12.8 Å². The summed E-state index contributed by atoms with van der Waals surface area (Å²) < 4.78 is 2.31. The summed E-state index contributed by atoms with van der Waals surface area (Å²) in [6.07, 6.45) is 0.101. The first kappa shape index (κ1) is 21.6. The monoisotopic (exact) mass is 363 g/mol. The third kappa shape index (κ3) is 4.53. The second-order valence-corrected chi connectivity index (χ2v) is 24.3. The third-order valence-electron chi connectivity index (χ3n) is 4.02. The van der Waals surface area contributed by atoms with Crippen LogP contribution >= 0.6 is 0 Å². The molecule has 0 amide bonds. The number of hydrogen-bond acceptors (Lipinski definition) is 3. The van der Waals surface area contributed by atoms with Crippen LogP contribution in [0, 0.1) is 0 Å². The van der Waals surface area contributed by atoms with E-state index in [1.54, 1.807) is 0 Å². The van der Waals surface area contributed by atoms with Crippen molar-refractivity contribution in [3.8, 4) is 0 Å². The second kappa shape index (κ2) is 6.58. The maximum absolute atomic E-state index is 12.5. The fourth-order valence-corrected chi connectivity index (χ4v) is 20.8. The molecular formula is C14H33NO4Si3. The van der Waals surface area contributed by atoms with E-state index in [4.69, 9.17) is 5.11 Å². The number of carboxylic acid groups (broad SMARTS) is 2. The smallest absolute Gasteiger partial charge is 0.319 e. The molecule has 0 aromatic carbocycles. The van der Waals surface area contributed by atoms with Crippen LogP contribution in [0.25, 0.3) is 0 Å². The standard InChI is InChI=1S/C14H33NO4Si3/c1-20(2,3)14(13(18)19,11-10-12(16)17)15(21(4,5)6)22(7,8)9/h10-11H2,1-9H3,(H,16,17)(H,18,19)/t14-/m1/s1. The molecule has 0 saturated carbocycles. The van der Waals surface area contributed by atoms with Gasteiger partial charge in [-0.1, -0.05) is 58.9 Å². The molecule has 5 nitrogen and oxygen atoms in total. The summed E-state index contributed by atoms with van der Waals surface area (Å²) in [7, 11) is -6.11. The molecule has 0 aliphatic heterocycles.